The van der Waals surface area contributed by atoms with Crippen molar-refractivity contribution in [2.45, 2.75) is 51.7 Å². The number of nitrogens with one attached hydrogen (secondary N) is 1. The van der Waals surface area contributed by atoms with Gasteiger partial charge in [0.15, 0.2) is 0 Å². The minimum Gasteiger partial charge on any atom is -0.393 e. The maximum atomic E-state index is 12.0. The van der Waals surface area contributed by atoms with E-state index in [1.54, 1.807) is 6.92 Å². The fraction of sp³-hybridized carbons (Fsp3) is 0.917. The second-order valence-electron chi connectivity index (χ2n) is 5.01. The van der Waals surface area contributed by atoms with Crippen molar-refractivity contribution in [1.29, 1.82) is 0 Å². The van der Waals surface area contributed by atoms with E-state index in [0.717, 1.165) is 6.42 Å². The van der Waals surface area contributed by atoms with Crippen LogP contribution in [-0.2, 0) is 14.8 Å². The molecule has 0 aromatic heterocycles. The van der Waals surface area contributed by atoms with Crippen molar-refractivity contribution in [3.63, 3.8) is 0 Å². The molecule has 19 heavy (non-hydrogen) atoms. The quantitative estimate of drug-likeness (QED) is 0.695. The predicted molar refractivity (Wildman–Crippen MR) is 73.1 cm³/mol. The van der Waals surface area contributed by atoms with Gasteiger partial charge in [-0.15, -0.1) is 0 Å². The third-order valence-corrected chi connectivity index (χ3v) is 5.26. The van der Waals surface area contributed by atoms with Gasteiger partial charge in [-0.2, -0.15) is 4.31 Å². The number of carbonyl (C=O) groups is 1. The second-order valence-corrected chi connectivity index (χ2v) is 7.05. The molecule has 0 radical (unpaired) electrons. The Bertz CT molecular complexity index is 395. The molecule has 1 rings (SSSR count). The zero-order chi connectivity index (χ0) is 14.5. The van der Waals surface area contributed by atoms with Crippen LogP contribution in [0.2, 0.25) is 0 Å². The largest absolute Gasteiger partial charge is 0.393 e. The summed E-state index contributed by atoms with van der Waals surface area (Å²) >= 11 is 0. The van der Waals surface area contributed by atoms with Gasteiger partial charge in [-0.05, 0) is 32.6 Å². The standard InChI is InChI=1S/C12H24N2O4S/c1-3-9-19(17,18)14-8-4-5-11(14)12(16)13-7-6-10(2)15/h10-11,15H,3-9H2,1-2H3,(H,13,16). The molecule has 1 aliphatic rings. The number of aliphatic hydroxyl groups excluding tert-OH is 1. The number of hydrogen-bond acceptors (Lipinski definition) is 4. The van der Waals surface area contributed by atoms with Crippen molar-refractivity contribution in [3.8, 4) is 0 Å². The van der Waals surface area contributed by atoms with E-state index in [1.165, 1.54) is 4.31 Å². The number of nitrogens with zero attached hydrogens (tertiary/aromatic N) is 1. The van der Waals surface area contributed by atoms with Crippen molar-refractivity contribution in [1.82, 2.24) is 9.62 Å². The van der Waals surface area contributed by atoms with Gasteiger partial charge in [0.25, 0.3) is 0 Å². The van der Waals surface area contributed by atoms with Crippen LogP contribution in [0.4, 0.5) is 0 Å². The Labute approximate surface area is 115 Å². The normalized spacial score (nSPS) is 22.4. The lowest BCUT2D eigenvalue weighted by Crippen LogP contribution is -2.46. The topological polar surface area (TPSA) is 86.7 Å². The summed E-state index contributed by atoms with van der Waals surface area (Å²) in [5, 5.41) is 11.8. The molecular formula is C12H24N2O4S. The van der Waals surface area contributed by atoms with Gasteiger partial charge in [-0.25, -0.2) is 8.42 Å². The van der Waals surface area contributed by atoms with Crippen LogP contribution >= 0.6 is 0 Å². The van der Waals surface area contributed by atoms with Crippen molar-refractivity contribution in [2.24, 2.45) is 0 Å². The average Bonchev–Trinajstić information content (AvgIpc) is 2.77. The molecule has 0 aromatic carbocycles. The minimum atomic E-state index is -3.32. The summed E-state index contributed by atoms with van der Waals surface area (Å²) in [6.07, 6.45) is 1.85. The lowest BCUT2D eigenvalue weighted by atomic mass is 10.2. The Morgan fingerprint density at radius 2 is 2.21 bits per heavy atom. The molecule has 1 saturated heterocycles. The van der Waals surface area contributed by atoms with E-state index in [-0.39, 0.29) is 11.7 Å². The second kappa shape index (κ2) is 7.21. The van der Waals surface area contributed by atoms with Gasteiger partial charge in [-0.3, -0.25) is 4.79 Å². The first-order chi connectivity index (χ1) is 8.88. The lowest BCUT2D eigenvalue weighted by molar-refractivity contribution is -0.124. The first kappa shape index (κ1) is 16.4. The van der Waals surface area contributed by atoms with Gasteiger partial charge in [0.05, 0.1) is 11.9 Å². The summed E-state index contributed by atoms with van der Waals surface area (Å²) in [7, 11) is -3.32. The minimum absolute atomic E-state index is 0.0878. The number of hydrogen-bond donors (Lipinski definition) is 2. The number of aliphatic hydroxyl groups is 1. The highest BCUT2D eigenvalue weighted by Crippen LogP contribution is 2.21. The molecule has 0 aromatic rings. The summed E-state index contributed by atoms with van der Waals surface area (Å²) in [4.78, 5) is 12.0. The molecule has 2 unspecified atom stereocenters. The van der Waals surface area contributed by atoms with E-state index in [4.69, 9.17) is 5.11 Å². The summed E-state index contributed by atoms with van der Waals surface area (Å²) in [5.74, 6) is -0.164. The van der Waals surface area contributed by atoms with E-state index in [0.29, 0.717) is 32.4 Å². The smallest absolute Gasteiger partial charge is 0.238 e. The van der Waals surface area contributed by atoms with E-state index in [1.807, 2.05) is 6.92 Å². The molecule has 1 amide bonds. The molecule has 0 spiro atoms. The first-order valence-corrected chi connectivity index (χ1v) is 8.44. The summed E-state index contributed by atoms with van der Waals surface area (Å²) in [5.41, 5.74) is 0. The number of sulfonamides is 1. The molecule has 6 nitrogen and oxygen atoms in total. The molecule has 0 aliphatic carbocycles. The van der Waals surface area contributed by atoms with Crippen LogP contribution in [0.5, 0.6) is 0 Å². The van der Waals surface area contributed by atoms with Crippen LogP contribution in [-0.4, -0.2) is 54.7 Å². The summed E-state index contributed by atoms with van der Waals surface area (Å²) < 4.78 is 25.4. The molecular weight excluding hydrogens is 268 g/mol. The Kier molecular flexibility index (Phi) is 6.22. The third-order valence-electron chi connectivity index (χ3n) is 3.19. The fourth-order valence-electron chi connectivity index (χ4n) is 2.23. The molecule has 7 heteroatoms. The maximum Gasteiger partial charge on any atom is 0.238 e. The monoisotopic (exact) mass is 292 g/mol. The molecule has 1 fully saturated rings. The molecule has 0 bridgehead atoms. The highest BCUT2D eigenvalue weighted by molar-refractivity contribution is 7.89. The zero-order valence-corrected chi connectivity index (χ0v) is 12.4. The van der Waals surface area contributed by atoms with E-state index in [9.17, 15) is 13.2 Å². The summed E-state index contributed by atoms with van der Waals surface area (Å²) in [6.45, 7) is 4.26. The third kappa shape index (κ3) is 4.74. The highest BCUT2D eigenvalue weighted by atomic mass is 32.2. The Morgan fingerprint density at radius 1 is 1.53 bits per heavy atom. The first-order valence-electron chi connectivity index (χ1n) is 6.83. The van der Waals surface area contributed by atoms with E-state index >= 15 is 0 Å². The average molecular weight is 292 g/mol. The van der Waals surface area contributed by atoms with Gasteiger partial charge in [-0.1, -0.05) is 6.92 Å². The van der Waals surface area contributed by atoms with Crippen LogP contribution in [0.15, 0.2) is 0 Å². The van der Waals surface area contributed by atoms with Crippen molar-refractivity contribution in [3.05, 3.63) is 0 Å². The van der Waals surface area contributed by atoms with Crippen LogP contribution in [0.25, 0.3) is 0 Å². The predicted octanol–water partition coefficient (Wildman–Crippen LogP) is 0.0777. The molecule has 0 saturated carbocycles. The van der Waals surface area contributed by atoms with Gasteiger partial charge in [0.1, 0.15) is 6.04 Å². The Balaban J connectivity index is 2.58. The fourth-order valence-corrected chi connectivity index (χ4v) is 3.98. The van der Waals surface area contributed by atoms with Crippen molar-refractivity contribution >= 4 is 15.9 Å². The van der Waals surface area contributed by atoms with Gasteiger partial charge in [0, 0.05) is 13.1 Å². The van der Waals surface area contributed by atoms with Crippen LogP contribution in [0, 0.1) is 0 Å². The number of rotatable bonds is 7. The molecule has 112 valence electrons. The van der Waals surface area contributed by atoms with E-state index < -0.39 is 22.2 Å². The SMILES string of the molecule is CCCS(=O)(=O)N1CCCC1C(=O)NCCC(C)O. The highest BCUT2D eigenvalue weighted by Gasteiger charge is 2.37. The van der Waals surface area contributed by atoms with Crippen molar-refractivity contribution < 1.29 is 18.3 Å². The number of amides is 1. The Morgan fingerprint density at radius 3 is 2.79 bits per heavy atom. The van der Waals surface area contributed by atoms with Crippen LogP contribution in [0.3, 0.4) is 0 Å². The van der Waals surface area contributed by atoms with Crippen LogP contribution < -0.4 is 5.32 Å². The molecule has 2 N–H and O–H groups in total. The van der Waals surface area contributed by atoms with Crippen LogP contribution in [0.1, 0.15) is 39.5 Å². The maximum absolute atomic E-state index is 12.0. The van der Waals surface area contributed by atoms with Gasteiger partial charge in [0.2, 0.25) is 15.9 Å². The number of carbonyl (C=O) groups excluding carboxylic acids is 1. The lowest BCUT2D eigenvalue weighted by Gasteiger charge is -2.23. The summed E-state index contributed by atoms with van der Waals surface area (Å²) in [6, 6.07) is -0.578. The molecule has 1 aliphatic heterocycles. The van der Waals surface area contributed by atoms with Gasteiger partial charge >= 0.3 is 0 Å². The van der Waals surface area contributed by atoms with E-state index in [2.05, 4.69) is 5.32 Å². The molecule has 1 heterocycles. The Hall–Kier alpha value is -0.660. The van der Waals surface area contributed by atoms with Gasteiger partial charge < -0.3 is 10.4 Å². The zero-order valence-electron chi connectivity index (χ0n) is 11.6. The van der Waals surface area contributed by atoms with Crippen molar-refractivity contribution in [2.75, 3.05) is 18.8 Å². The molecule has 2 atom stereocenters.